The monoisotopic (exact) mass is 301 g/mol. The highest BCUT2D eigenvalue weighted by Gasteiger charge is 2.17. The SMILES string of the molecule is CCN(CC)C(=O)/C(C#N)=C\c1cc(C)n(CC(C)C)c1C. The van der Waals surface area contributed by atoms with E-state index >= 15 is 0 Å². The maximum atomic E-state index is 12.4. The number of likely N-dealkylation sites (N-methyl/N-ethyl adjacent to an activating group) is 1. The fraction of sp³-hybridized carbons (Fsp3) is 0.556. The highest BCUT2D eigenvalue weighted by Crippen LogP contribution is 2.20. The van der Waals surface area contributed by atoms with Crippen molar-refractivity contribution in [2.24, 2.45) is 5.92 Å². The van der Waals surface area contributed by atoms with Crippen LogP contribution in [0.5, 0.6) is 0 Å². The molecule has 0 aliphatic heterocycles. The van der Waals surface area contributed by atoms with Crippen molar-refractivity contribution in [3.63, 3.8) is 0 Å². The molecule has 1 rings (SSSR count). The van der Waals surface area contributed by atoms with Gasteiger partial charge >= 0.3 is 0 Å². The van der Waals surface area contributed by atoms with Gasteiger partial charge in [-0.15, -0.1) is 0 Å². The summed E-state index contributed by atoms with van der Waals surface area (Å²) in [5, 5.41) is 9.34. The minimum absolute atomic E-state index is 0.193. The predicted octanol–water partition coefficient (Wildman–Crippen LogP) is 3.54. The Balaban J connectivity index is 3.20. The lowest BCUT2D eigenvalue weighted by Crippen LogP contribution is -2.31. The van der Waals surface area contributed by atoms with Gasteiger partial charge in [0.1, 0.15) is 11.6 Å². The van der Waals surface area contributed by atoms with Crippen molar-refractivity contribution in [2.45, 2.75) is 48.1 Å². The first-order chi connectivity index (χ1) is 10.3. The van der Waals surface area contributed by atoms with Crippen molar-refractivity contribution in [2.75, 3.05) is 13.1 Å². The van der Waals surface area contributed by atoms with Gasteiger partial charge in [-0.25, -0.2) is 0 Å². The Bertz CT molecular complexity index is 599. The largest absolute Gasteiger partial charge is 0.348 e. The standard InChI is InChI=1S/C18H27N3O/c1-7-20(8-2)18(22)17(11-19)10-16-9-14(5)21(15(16)6)12-13(3)4/h9-10,13H,7-8,12H2,1-6H3/b17-10-. The Kier molecular flexibility index (Phi) is 6.42. The number of hydrogen-bond acceptors (Lipinski definition) is 2. The van der Waals surface area contributed by atoms with Crippen LogP contribution in [0.25, 0.3) is 6.08 Å². The first-order valence-corrected chi connectivity index (χ1v) is 7.93. The quantitative estimate of drug-likeness (QED) is 0.596. The smallest absolute Gasteiger partial charge is 0.264 e. The van der Waals surface area contributed by atoms with Crippen LogP contribution in [0.3, 0.4) is 0 Å². The lowest BCUT2D eigenvalue weighted by Gasteiger charge is -2.17. The fourth-order valence-corrected chi connectivity index (χ4v) is 2.60. The molecule has 1 amide bonds. The molecule has 1 heterocycles. The van der Waals surface area contributed by atoms with E-state index in [-0.39, 0.29) is 11.5 Å². The molecule has 0 radical (unpaired) electrons. The molecule has 0 bridgehead atoms. The van der Waals surface area contributed by atoms with Gasteiger partial charge in [-0.3, -0.25) is 4.79 Å². The number of nitriles is 1. The van der Waals surface area contributed by atoms with Crippen molar-refractivity contribution < 1.29 is 4.79 Å². The minimum atomic E-state index is -0.193. The summed E-state index contributed by atoms with van der Waals surface area (Å²) in [5.74, 6) is 0.357. The lowest BCUT2D eigenvalue weighted by molar-refractivity contribution is -0.126. The molecule has 0 atom stereocenters. The van der Waals surface area contributed by atoms with E-state index < -0.39 is 0 Å². The second kappa shape index (κ2) is 7.84. The zero-order valence-corrected chi connectivity index (χ0v) is 14.6. The lowest BCUT2D eigenvalue weighted by atomic mass is 10.1. The van der Waals surface area contributed by atoms with Crippen LogP contribution in [-0.2, 0) is 11.3 Å². The molecule has 1 aromatic heterocycles. The second-order valence-corrected chi connectivity index (χ2v) is 5.98. The molecule has 1 aromatic rings. The number of nitrogens with zero attached hydrogens (tertiary/aromatic N) is 3. The molecule has 0 saturated carbocycles. The molecule has 120 valence electrons. The molecular formula is C18H27N3O. The van der Waals surface area contributed by atoms with Crippen molar-refractivity contribution >= 4 is 12.0 Å². The number of amides is 1. The van der Waals surface area contributed by atoms with Crippen LogP contribution >= 0.6 is 0 Å². The maximum absolute atomic E-state index is 12.4. The Morgan fingerprint density at radius 2 is 1.95 bits per heavy atom. The molecule has 0 spiro atoms. The van der Waals surface area contributed by atoms with Gasteiger partial charge in [0.25, 0.3) is 5.91 Å². The number of aryl methyl sites for hydroxylation is 1. The van der Waals surface area contributed by atoms with Gasteiger partial charge in [0.05, 0.1) is 0 Å². The van der Waals surface area contributed by atoms with Gasteiger partial charge in [0, 0.05) is 31.0 Å². The van der Waals surface area contributed by atoms with E-state index in [0.717, 1.165) is 23.5 Å². The topological polar surface area (TPSA) is 49.0 Å². The summed E-state index contributed by atoms with van der Waals surface area (Å²) >= 11 is 0. The van der Waals surface area contributed by atoms with Crippen LogP contribution in [-0.4, -0.2) is 28.5 Å². The number of carbonyl (C=O) groups excluding carboxylic acids is 1. The Hall–Kier alpha value is -2.02. The third kappa shape index (κ3) is 4.00. The molecule has 0 saturated heterocycles. The average Bonchev–Trinajstić information content (AvgIpc) is 2.73. The zero-order valence-electron chi connectivity index (χ0n) is 14.6. The van der Waals surface area contributed by atoms with Crippen LogP contribution in [0.4, 0.5) is 0 Å². The highest BCUT2D eigenvalue weighted by molar-refractivity contribution is 6.01. The van der Waals surface area contributed by atoms with Crippen LogP contribution < -0.4 is 0 Å². The molecule has 0 aliphatic rings. The van der Waals surface area contributed by atoms with E-state index in [9.17, 15) is 10.1 Å². The van der Waals surface area contributed by atoms with E-state index in [2.05, 4.69) is 31.4 Å². The Morgan fingerprint density at radius 3 is 2.41 bits per heavy atom. The molecular weight excluding hydrogens is 274 g/mol. The summed E-state index contributed by atoms with van der Waals surface area (Å²) in [7, 11) is 0. The second-order valence-electron chi connectivity index (χ2n) is 5.98. The van der Waals surface area contributed by atoms with Crippen molar-refractivity contribution in [3.05, 3.63) is 28.6 Å². The van der Waals surface area contributed by atoms with Crippen LogP contribution in [0.2, 0.25) is 0 Å². The van der Waals surface area contributed by atoms with E-state index in [0.29, 0.717) is 19.0 Å². The van der Waals surface area contributed by atoms with Crippen LogP contribution in [0.15, 0.2) is 11.6 Å². The zero-order chi connectivity index (χ0) is 16.9. The number of carbonyl (C=O) groups is 1. The molecule has 22 heavy (non-hydrogen) atoms. The molecule has 0 N–H and O–H groups in total. The van der Waals surface area contributed by atoms with Gasteiger partial charge in [-0.05, 0) is 51.3 Å². The summed E-state index contributed by atoms with van der Waals surface area (Å²) < 4.78 is 2.24. The van der Waals surface area contributed by atoms with E-state index in [4.69, 9.17) is 0 Å². The fourth-order valence-electron chi connectivity index (χ4n) is 2.60. The first kappa shape index (κ1) is 18.0. The van der Waals surface area contributed by atoms with Crippen molar-refractivity contribution in [3.8, 4) is 6.07 Å². The molecule has 4 nitrogen and oxygen atoms in total. The summed E-state index contributed by atoms with van der Waals surface area (Å²) in [5.41, 5.74) is 3.42. The van der Waals surface area contributed by atoms with Crippen molar-refractivity contribution in [1.82, 2.24) is 9.47 Å². The van der Waals surface area contributed by atoms with Gasteiger partial charge in [0.15, 0.2) is 0 Å². The highest BCUT2D eigenvalue weighted by atomic mass is 16.2. The predicted molar refractivity (Wildman–Crippen MR) is 90.3 cm³/mol. The van der Waals surface area contributed by atoms with Crippen LogP contribution in [0, 0.1) is 31.1 Å². The number of hydrogen-bond donors (Lipinski definition) is 0. The average molecular weight is 301 g/mol. The number of aromatic nitrogens is 1. The summed E-state index contributed by atoms with van der Waals surface area (Å²) in [4.78, 5) is 14.0. The first-order valence-electron chi connectivity index (χ1n) is 7.93. The van der Waals surface area contributed by atoms with Crippen LogP contribution in [0.1, 0.15) is 44.6 Å². The summed E-state index contributed by atoms with van der Waals surface area (Å²) in [6.45, 7) is 14.5. The van der Waals surface area contributed by atoms with Crippen molar-refractivity contribution in [1.29, 1.82) is 5.26 Å². The number of rotatable bonds is 6. The Morgan fingerprint density at radius 1 is 1.36 bits per heavy atom. The van der Waals surface area contributed by atoms with E-state index in [1.807, 2.05) is 26.8 Å². The normalized spacial score (nSPS) is 11.6. The third-order valence-corrected chi connectivity index (χ3v) is 3.86. The van der Waals surface area contributed by atoms with Gasteiger partial charge < -0.3 is 9.47 Å². The molecule has 0 aromatic carbocycles. The maximum Gasteiger partial charge on any atom is 0.264 e. The molecule has 0 aliphatic carbocycles. The van der Waals surface area contributed by atoms with E-state index in [1.54, 1.807) is 11.0 Å². The van der Waals surface area contributed by atoms with Gasteiger partial charge in [0.2, 0.25) is 0 Å². The van der Waals surface area contributed by atoms with Gasteiger partial charge in [-0.2, -0.15) is 5.26 Å². The van der Waals surface area contributed by atoms with Gasteiger partial charge in [-0.1, -0.05) is 13.8 Å². The van der Waals surface area contributed by atoms with E-state index in [1.165, 1.54) is 0 Å². The Labute approximate surface area is 134 Å². The molecule has 0 unspecified atom stereocenters. The third-order valence-electron chi connectivity index (χ3n) is 3.86. The molecule has 0 fully saturated rings. The molecule has 4 heteroatoms. The summed E-state index contributed by atoms with van der Waals surface area (Å²) in [6, 6.07) is 4.10. The minimum Gasteiger partial charge on any atom is -0.348 e. The summed E-state index contributed by atoms with van der Waals surface area (Å²) in [6.07, 6.45) is 1.72.